The van der Waals surface area contributed by atoms with Crippen molar-refractivity contribution in [1.82, 2.24) is 4.57 Å². The van der Waals surface area contributed by atoms with E-state index in [-0.39, 0.29) is 5.69 Å². The van der Waals surface area contributed by atoms with Crippen LogP contribution >= 0.6 is 11.6 Å². The summed E-state index contributed by atoms with van der Waals surface area (Å²) in [5.74, 6) is -0.106. The third kappa shape index (κ3) is 2.10. The number of halogens is 1. The molecule has 0 amide bonds. The molecule has 0 atom stereocenters. The molecule has 1 aromatic rings. The van der Waals surface area contributed by atoms with Gasteiger partial charge in [-0.05, 0) is 18.4 Å². The van der Waals surface area contributed by atoms with Crippen LogP contribution in [0.2, 0.25) is 5.02 Å². The number of carbonyl (C=O) groups is 1. The summed E-state index contributed by atoms with van der Waals surface area (Å²) < 4.78 is 1.73. The van der Waals surface area contributed by atoms with Gasteiger partial charge in [0, 0.05) is 12.7 Å². The van der Waals surface area contributed by atoms with Crippen LogP contribution in [0.3, 0.4) is 0 Å². The zero-order valence-corrected chi connectivity index (χ0v) is 8.50. The summed E-state index contributed by atoms with van der Waals surface area (Å²) in [6.45, 7) is 0.763. The van der Waals surface area contributed by atoms with Crippen molar-refractivity contribution in [3.8, 4) is 0 Å². The first-order valence-corrected chi connectivity index (χ1v) is 5.13. The Morgan fingerprint density at radius 3 is 2.93 bits per heavy atom. The summed E-state index contributed by atoms with van der Waals surface area (Å²) in [7, 11) is 0. The smallest absolute Gasteiger partial charge is 0.352 e. The number of rotatable bonds is 4. The first kappa shape index (κ1) is 9.59. The predicted molar refractivity (Wildman–Crippen MR) is 53.7 cm³/mol. The van der Waals surface area contributed by atoms with E-state index in [0.29, 0.717) is 5.02 Å². The third-order valence-corrected chi connectivity index (χ3v) is 2.76. The van der Waals surface area contributed by atoms with Gasteiger partial charge in [-0.15, -0.1) is 0 Å². The second kappa shape index (κ2) is 3.65. The molecule has 4 heteroatoms. The first-order chi connectivity index (χ1) is 6.66. The molecule has 2 rings (SSSR count). The van der Waals surface area contributed by atoms with E-state index in [9.17, 15) is 4.79 Å². The minimum atomic E-state index is -0.910. The lowest BCUT2D eigenvalue weighted by Gasteiger charge is -2.04. The van der Waals surface area contributed by atoms with Gasteiger partial charge in [-0.3, -0.25) is 0 Å². The highest BCUT2D eigenvalue weighted by molar-refractivity contribution is 6.30. The molecule has 0 spiro atoms. The van der Waals surface area contributed by atoms with Crippen LogP contribution in [0.25, 0.3) is 0 Å². The molecule has 76 valence electrons. The Morgan fingerprint density at radius 1 is 1.64 bits per heavy atom. The van der Waals surface area contributed by atoms with Crippen LogP contribution in [0.5, 0.6) is 0 Å². The van der Waals surface area contributed by atoms with Crippen molar-refractivity contribution in [3.05, 3.63) is 23.0 Å². The lowest BCUT2D eigenvalue weighted by Crippen LogP contribution is -2.07. The molecule has 0 radical (unpaired) electrons. The second-order valence-corrected chi connectivity index (χ2v) is 4.21. The Balaban J connectivity index is 2.09. The fourth-order valence-electron chi connectivity index (χ4n) is 1.57. The van der Waals surface area contributed by atoms with Crippen LogP contribution < -0.4 is 0 Å². The maximum Gasteiger partial charge on any atom is 0.352 e. The van der Waals surface area contributed by atoms with Crippen molar-refractivity contribution in [2.24, 2.45) is 5.92 Å². The Labute approximate surface area is 87.3 Å². The summed E-state index contributed by atoms with van der Waals surface area (Å²) in [6.07, 6.45) is 5.33. The summed E-state index contributed by atoms with van der Waals surface area (Å²) in [5.41, 5.74) is 0.288. The van der Waals surface area contributed by atoms with E-state index in [1.54, 1.807) is 10.8 Å². The van der Waals surface area contributed by atoms with Crippen molar-refractivity contribution < 1.29 is 9.90 Å². The zero-order chi connectivity index (χ0) is 10.1. The number of hydrogen-bond donors (Lipinski definition) is 1. The zero-order valence-electron chi connectivity index (χ0n) is 7.74. The Bertz CT molecular complexity index is 355. The highest BCUT2D eigenvalue weighted by Crippen LogP contribution is 2.33. The van der Waals surface area contributed by atoms with Gasteiger partial charge in [0.1, 0.15) is 5.69 Å². The number of carboxylic acids is 1. The van der Waals surface area contributed by atoms with Crippen molar-refractivity contribution >= 4 is 17.6 Å². The number of nitrogens with zero attached hydrogens (tertiary/aromatic N) is 1. The monoisotopic (exact) mass is 213 g/mol. The summed E-state index contributed by atoms with van der Waals surface area (Å²) in [4.78, 5) is 10.8. The van der Waals surface area contributed by atoms with Crippen LogP contribution in [0.15, 0.2) is 12.3 Å². The predicted octanol–water partition coefficient (Wildman–Crippen LogP) is 2.64. The highest BCUT2D eigenvalue weighted by atomic mass is 35.5. The molecular formula is C10H12ClNO2. The summed E-state index contributed by atoms with van der Waals surface area (Å²) in [6, 6.07) is 1.50. The SMILES string of the molecule is O=C(O)c1cc(Cl)cn1CCC1CC1. The average Bonchev–Trinajstić information content (AvgIpc) is 2.86. The number of aryl methyl sites for hydroxylation is 1. The summed E-state index contributed by atoms with van der Waals surface area (Å²) in [5, 5.41) is 9.38. The molecule has 1 heterocycles. The minimum Gasteiger partial charge on any atom is -0.477 e. The van der Waals surface area contributed by atoms with Gasteiger partial charge in [0.05, 0.1) is 5.02 Å². The van der Waals surface area contributed by atoms with Gasteiger partial charge in [-0.25, -0.2) is 4.79 Å². The van der Waals surface area contributed by atoms with Crippen molar-refractivity contribution in [1.29, 1.82) is 0 Å². The standard InChI is InChI=1S/C10H12ClNO2/c11-8-5-9(10(13)14)12(6-8)4-3-7-1-2-7/h5-7H,1-4H2,(H,13,14). The van der Waals surface area contributed by atoms with Crippen molar-refractivity contribution in [3.63, 3.8) is 0 Å². The van der Waals surface area contributed by atoms with E-state index in [2.05, 4.69) is 0 Å². The van der Waals surface area contributed by atoms with Gasteiger partial charge >= 0.3 is 5.97 Å². The van der Waals surface area contributed by atoms with Crippen molar-refractivity contribution in [2.45, 2.75) is 25.8 Å². The average molecular weight is 214 g/mol. The van der Waals surface area contributed by atoms with Gasteiger partial charge in [-0.2, -0.15) is 0 Å². The molecule has 1 aliphatic carbocycles. The molecule has 1 fully saturated rings. The third-order valence-electron chi connectivity index (χ3n) is 2.56. The van der Waals surface area contributed by atoms with Gasteiger partial charge < -0.3 is 9.67 Å². The van der Waals surface area contributed by atoms with Crippen LogP contribution in [0.4, 0.5) is 0 Å². The lowest BCUT2D eigenvalue weighted by molar-refractivity contribution is 0.0685. The molecule has 14 heavy (non-hydrogen) atoms. The fourth-order valence-corrected chi connectivity index (χ4v) is 1.79. The highest BCUT2D eigenvalue weighted by Gasteiger charge is 2.21. The van der Waals surface area contributed by atoms with Crippen LogP contribution in [0.1, 0.15) is 29.8 Å². The van der Waals surface area contributed by atoms with Crippen molar-refractivity contribution in [2.75, 3.05) is 0 Å². The molecule has 0 saturated heterocycles. The van der Waals surface area contributed by atoms with Gasteiger partial charge in [0.15, 0.2) is 0 Å². The maximum atomic E-state index is 10.8. The van der Waals surface area contributed by atoms with Crippen LogP contribution in [-0.4, -0.2) is 15.6 Å². The molecule has 3 nitrogen and oxygen atoms in total. The molecule has 0 bridgehead atoms. The Morgan fingerprint density at radius 2 is 2.36 bits per heavy atom. The first-order valence-electron chi connectivity index (χ1n) is 4.76. The van der Waals surface area contributed by atoms with Gasteiger partial charge in [0.25, 0.3) is 0 Å². The number of carboxylic acid groups (broad SMARTS) is 1. The van der Waals surface area contributed by atoms with E-state index in [1.165, 1.54) is 18.9 Å². The molecule has 1 N–H and O–H groups in total. The quantitative estimate of drug-likeness (QED) is 0.836. The molecule has 0 aromatic carbocycles. The van der Waals surface area contributed by atoms with Gasteiger partial charge in [-0.1, -0.05) is 24.4 Å². The van der Waals surface area contributed by atoms with Gasteiger partial charge in [0.2, 0.25) is 0 Å². The molecular weight excluding hydrogens is 202 g/mol. The van der Waals surface area contributed by atoms with E-state index in [1.807, 2.05) is 0 Å². The normalized spacial score (nSPS) is 15.8. The lowest BCUT2D eigenvalue weighted by atomic mass is 10.3. The summed E-state index contributed by atoms with van der Waals surface area (Å²) >= 11 is 5.76. The second-order valence-electron chi connectivity index (χ2n) is 3.77. The number of hydrogen-bond acceptors (Lipinski definition) is 1. The molecule has 0 unspecified atom stereocenters. The van der Waals surface area contributed by atoms with Crippen LogP contribution in [0, 0.1) is 5.92 Å². The minimum absolute atomic E-state index is 0.288. The Kier molecular flexibility index (Phi) is 2.50. The van der Waals surface area contributed by atoms with E-state index >= 15 is 0 Å². The fraction of sp³-hybridized carbons (Fsp3) is 0.500. The number of aromatic carboxylic acids is 1. The Hall–Kier alpha value is -0.960. The molecule has 1 aliphatic rings. The van der Waals surface area contributed by atoms with E-state index < -0.39 is 5.97 Å². The molecule has 0 aliphatic heterocycles. The maximum absolute atomic E-state index is 10.8. The van der Waals surface area contributed by atoms with E-state index in [4.69, 9.17) is 16.7 Å². The van der Waals surface area contributed by atoms with E-state index in [0.717, 1.165) is 18.9 Å². The topological polar surface area (TPSA) is 42.2 Å². The van der Waals surface area contributed by atoms with Crippen LogP contribution in [-0.2, 0) is 6.54 Å². The molecule has 1 aromatic heterocycles. The number of aromatic nitrogens is 1. The largest absolute Gasteiger partial charge is 0.477 e. The molecule has 1 saturated carbocycles.